The highest BCUT2D eigenvalue weighted by Gasteiger charge is 2.26. The van der Waals surface area contributed by atoms with Crippen molar-refractivity contribution in [3.63, 3.8) is 0 Å². The molecule has 0 radical (unpaired) electrons. The van der Waals surface area contributed by atoms with Crippen molar-refractivity contribution >= 4 is 34.7 Å². The quantitative estimate of drug-likeness (QED) is 0.637. The number of thioether (sulfide) groups is 1. The van der Waals surface area contributed by atoms with Crippen LogP contribution in [0.5, 0.6) is 0 Å². The molecular weight excluding hydrogens is 360 g/mol. The number of fused-ring (bicyclic) bond motifs is 1. The molecule has 0 fully saturated rings. The van der Waals surface area contributed by atoms with E-state index in [1.165, 1.54) is 11.8 Å². The van der Waals surface area contributed by atoms with Crippen LogP contribution in [0.3, 0.4) is 0 Å². The van der Waals surface area contributed by atoms with Gasteiger partial charge in [0.1, 0.15) is 5.25 Å². The first-order valence-electron chi connectivity index (χ1n) is 8.89. The van der Waals surface area contributed by atoms with Crippen LogP contribution in [-0.2, 0) is 11.3 Å². The lowest BCUT2D eigenvalue weighted by Gasteiger charge is -2.17. The Kier molecular flexibility index (Phi) is 6.13. The van der Waals surface area contributed by atoms with E-state index in [0.29, 0.717) is 6.54 Å². The number of benzene rings is 2. The van der Waals surface area contributed by atoms with Crippen LogP contribution >= 0.6 is 11.8 Å². The van der Waals surface area contributed by atoms with Crippen molar-refractivity contribution in [2.45, 2.75) is 30.8 Å². The highest BCUT2D eigenvalue weighted by atomic mass is 32.2. The number of imide groups is 1. The van der Waals surface area contributed by atoms with Crippen LogP contribution in [-0.4, -0.2) is 28.0 Å². The number of para-hydroxylation sites is 2. The van der Waals surface area contributed by atoms with E-state index in [-0.39, 0.29) is 5.91 Å². The number of aryl methyl sites for hydroxylation is 1. The van der Waals surface area contributed by atoms with Gasteiger partial charge >= 0.3 is 6.03 Å². The van der Waals surface area contributed by atoms with Gasteiger partial charge in [0.2, 0.25) is 5.91 Å². The highest BCUT2D eigenvalue weighted by molar-refractivity contribution is 8.00. The molecule has 1 heterocycles. The van der Waals surface area contributed by atoms with Crippen molar-refractivity contribution in [1.82, 2.24) is 20.2 Å². The number of carbonyl (C=O) groups is 2. The van der Waals surface area contributed by atoms with E-state index in [2.05, 4.69) is 15.2 Å². The van der Waals surface area contributed by atoms with Crippen molar-refractivity contribution in [1.29, 1.82) is 0 Å². The minimum atomic E-state index is -0.587. The van der Waals surface area contributed by atoms with Crippen molar-refractivity contribution in [2.24, 2.45) is 0 Å². The summed E-state index contributed by atoms with van der Waals surface area (Å²) in [5.41, 5.74) is 2.73. The van der Waals surface area contributed by atoms with Crippen LogP contribution in [0.1, 0.15) is 24.7 Å². The topological polar surface area (TPSA) is 76.0 Å². The molecular formula is C20H22N4O2S. The van der Waals surface area contributed by atoms with Crippen molar-refractivity contribution < 1.29 is 9.59 Å². The van der Waals surface area contributed by atoms with Crippen molar-refractivity contribution in [3.8, 4) is 0 Å². The Labute approximate surface area is 162 Å². The van der Waals surface area contributed by atoms with Gasteiger partial charge in [0.25, 0.3) is 0 Å². The number of imidazole rings is 1. The van der Waals surface area contributed by atoms with Crippen LogP contribution in [0, 0.1) is 0 Å². The number of nitrogens with zero attached hydrogens (tertiary/aromatic N) is 2. The number of rotatable bonds is 6. The van der Waals surface area contributed by atoms with E-state index < -0.39 is 11.3 Å². The minimum absolute atomic E-state index is 0.369. The Morgan fingerprint density at radius 3 is 2.48 bits per heavy atom. The fourth-order valence-corrected chi connectivity index (χ4v) is 4.01. The molecule has 0 aliphatic heterocycles. The van der Waals surface area contributed by atoms with Gasteiger partial charge in [-0.1, -0.05) is 54.2 Å². The number of nitrogens with one attached hydrogen (secondary N) is 2. The largest absolute Gasteiger partial charge is 0.338 e. The normalized spacial score (nSPS) is 11.9. The summed E-state index contributed by atoms with van der Waals surface area (Å²) in [5.74, 6) is -0.369. The first-order valence-corrected chi connectivity index (χ1v) is 9.77. The summed E-state index contributed by atoms with van der Waals surface area (Å²) >= 11 is 1.35. The predicted molar refractivity (Wildman–Crippen MR) is 108 cm³/mol. The van der Waals surface area contributed by atoms with Crippen LogP contribution < -0.4 is 10.6 Å². The smallest absolute Gasteiger partial charge is 0.321 e. The molecule has 1 atom stereocenters. The molecule has 1 aromatic heterocycles. The van der Waals surface area contributed by atoms with Gasteiger partial charge in [0.05, 0.1) is 11.0 Å². The monoisotopic (exact) mass is 382 g/mol. The van der Waals surface area contributed by atoms with Gasteiger partial charge in [-0.3, -0.25) is 10.1 Å². The maximum Gasteiger partial charge on any atom is 0.321 e. The number of carbonyl (C=O) groups excluding carboxylic acids is 2. The Balaban J connectivity index is 1.94. The zero-order chi connectivity index (χ0) is 19.2. The molecule has 0 aliphatic carbocycles. The first kappa shape index (κ1) is 19.0. The van der Waals surface area contributed by atoms with Crippen LogP contribution in [0.15, 0.2) is 59.8 Å². The average Bonchev–Trinajstić information content (AvgIpc) is 3.04. The summed E-state index contributed by atoms with van der Waals surface area (Å²) in [6.45, 7) is 5.04. The molecule has 0 saturated carbocycles. The molecule has 27 heavy (non-hydrogen) atoms. The van der Waals surface area contributed by atoms with Crippen molar-refractivity contribution in [3.05, 3.63) is 60.2 Å². The van der Waals surface area contributed by atoms with Gasteiger partial charge in [-0.2, -0.15) is 0 Å². The molecule has 6 nitrogen and oxygen atoms in total. The third-order valence-electron chi connectivity index (χ3n) is 4.07. The molecule has 7 heteroatoms. The third-order valence-corrected chi connectivity index (χ3v) is 5.32. The first-order chi connectivity index (χ1) is 13.1. The van der Waals surface area contributed by atoms with Gasteiger partial charge in [0, 0.05) is 13.1 Å². The number of aromatic nitrogens is 2. The van der Waals surface area contributed by atoms with E-state index in [1.54, 1.807) is 6.92 Å². The van der Waals surface area contributed by atoms with Crippen LogP contribution in [0.25, 0.3) is 11.0 Å². The summed E-state index contributed by atoms with van der Waals surface area (Å²) < 4.78 is 2.08. The van der Waals surface area contributed by atoms with E-state index in [4.69, 9.17) is 4.98 Å². The number of amides is 3. The lowest BCUT2D eigenvalue weighted by molar-refractivity contribution is -0.119. The van der Waals surface area contributed by atoms with Crippen molar-refractivity contribution in [2.75, 3.05) is 6.54 Å². The Hall–Kier alpha value is -2.80. The van der Waals surface area contributed by atoms with E-state index in [1.807, 2.05) is 61.5 Å². The second-order valence-electron chi connectivity index (χ2n) is 5.88. The fraction of sp³-hybridized carbons (Fsp3) is 0.250. The molecule has 3 aromatic rings. The molecule has 0 unspecified atom stereocenters. The number of hydrogen-bond donors (Lipinski definition) is 2. The molecule has 0 bridgehead atoms. The zero-order valence-electron chi connectivity index (χ0n) is 15.3. The Bertz CT molecular complexity index is 940. The number of hydrogen-bond acceptors (Lipinski definition) is 4. The van der Waals surface area contributed by atoms with Crippen LogP contribution in [0.2, 0.25) is 0 Å². The predicted octanol–water partition coefficient (Wildman–Crippen LogP) is 3.74. The maximum absolute atomic E-state index is 12.8. The van der Waals surface area contributed by atoms with Gasteiger partial charge < -0.3 is 9.88 Å². The lowest BCUT2D eigenvalue weighted by atomic mass is 10.1. The summed E-state index contributed by atoms with van der Waals surface area (Å²) in [4.78, 5) is 29.3. The maximum atomic E-state index is 12.8. The van der Waals surface area contributed by atoms with E-state index in [9.17, 15) is 9.59 Å². The molecule has 2 aromatic carbocycles. The molecule has 3 rings (SSSR count). The van der Waals surface area contributed by atoms with Crippen LogP contribution in [0.4, 0.5) is 4.79 Å². The molecule has 140 valence electrons. The van der Waals surface area contributed by atoms with E-state index in [0.717, 1.165) is 28.3 Å². The Morgan fingerprint density at radius 2 is 1.78 bits per heavy atom. The van der Waals surface area contributed by atoms with Gasteiger partial charge in [0.15, 0.2) is 5.16 Å². The van der Waals surface area contributed by atoms with E-state index >= 15 is 0 Å². The lowest BCUT2D eigenvalue weighted by Crippen LogP contribution is -2.41. The Morgan fingerprint density at radius 1 is 1.07 bits per heavy atom. The van der Waals surface area contributed by atoms with Gasteiger partial charge in [-0.15, -0.1) is 0 Å². The second-order valence-corrected chi connectivity index (χ2v) is 6.96. The fourth-order valence-electron chi connectivity index (χ4n) is 2.84. The summed E-state index contributed by atoms with van der Waals surface area (Å²) in [7, 11) is 0. The minimum Gasteiger partial charge on any atom is -0.338 e. The summed E-state index contributed by atoms with van der Waals surface area (Å²) in [6.07, 6.45) is 0. The summed E-state index contributed by atoms with van der Waals surface area (Å²) in [5, 5.41) is 5.18. The molecule has 0 spiro atoms. The van der Waals surface area contributed by atoms with Gasteiger partial charge in [-0.05, 0) is 31.5 Å². The zero-order valence-corrected chi connectivity index (χ0v) is 16.1. The molecule has 3 amide bonds. The highest BCUT2D eigenvalue weighted by Crippen LogP contribution is 2.36. The average molecular weight is 382 g/mol. The van der Waals surface area contributed by atoms with Gasteiger partial charge in [-0.25, -0.2) is 9.78 Å². The molecule has 2 N–H and O–H groups in total. The third kappa shape index (κ3) is 4.31. The number of urea groups is 1. The molecule has 0 saturated heterocycles. The second kappa shape index (κ2) is 8.73. The SMILES string of the molecule is CCNC(=O)NC(=O)[C@H](Sc1nc2ccccc2n1CC)c1ccccc1. The summed E-state index contributed by atoms with van der Waals surface area (Å²) in [6, 6.07) is 16.8. The molecule has 0 aliphatic rings. The standard InChI is InChI=1S/C20H22N4O2S/c1-3-21-19(26)23-18(25)17(14-10-6-5-7-11-14)27-20-22-15-12-8-9-13-16(15)24(20)4-2/h5-13,17H,3-4H2,1-2H3,(H2,21,23,25,26)/t17-/m1/s1.